The van der Waals surface area contributed by atoms with Crippen LogP contribution in [0.3, 0.4) is 0 Å². The number of anilines is 1. The highest BCUT2D eigenvalue weighted by atomic mass is 16.5. The fourth-order valence-corrected chi connectivity index (χ4v) is 4.29. The molecule has 0 fully saturated rings. The molecule has 0 unspecified atom stereocenters. The lowest BCUT2D eigenvalue weighted by Gasteiger charge is -2.15. The molecule has 162 valence electrons. The summed E-state index contributed by atoms with van der Waals surface area (Å²) in [4.78, 5) is 21.8. The van der Waals surface area contributed by atoms with Gasteiger partial charge in [0.2, 0.25) is 0 Å². The van der Waals surface area contributed by atoms with Crippen LogP contribution in [-0.2, 0) is 24.3 Å². The van der Waals surface area contributed by atoms with Crippen molar-refractivity contribution >= 4 is 17.2 Å². The molecule has 0 saturated carbocycles. The van der Waals surface area contributed by atoms with E-state index in [0.29, 0.717) is 31.3 Å². The Morgan fingerprint density at radius 3 is 2.81 bits per heavy atom. The van der Waals surface area contributed by atoms with Crippen LogP contribution < -0.4 is 11.1 Å². The van der Waals surface area contributed by atoms with Crippen molar-refractivity contribution in [3.8, 4) is 11.4 Å². The maximum atomic E-state index is 11.9. The van der Waals surface area contributed by atoms with Crippen molar-refractivity contribution in [2.24, 2.45) is 5.73 Å². The maximum Gasteiger partial charge on any atom is 0.265 e. The Hall–Kier alpha value is -3.71. The van der Waals surface area contributed by atoms with Crippen molar-refractivity contribution in [1.82, 2.24) is 14.4 Å². The highest BCUT2D eigenvalue weighted by molar-refractivity contribution is 5.93. The van der Waals surface area contributed by atoms with Crippen LogP contribution in [0.1, 0.15) is 39.3 Å². The summed E-state index contributed by atoms with van der Waals surface area (Å²) in [6.45, 7) is 3.84. The summed E-state index contributed by atoms with van der Waals surface area (Å²) in [6, 6.07) is 15.8. The van der Waals surface area contributed by atoms with Crippen LogP contribution >= 0.6 is 0 Å². The second-order valence-electron chi connectivity index (χ2n) is 8.03. The number of nitrogens with zero attached hydrogens (tertiary/aromatic N) is 3. The van der Waals surface area contributed by atoms with Gasteiger partial charge in [0.05, 0.1) is 17.8 Å². The van der Waals surface area contributed by atoms with Gasteiger partial charge in [-0.3, -0.25) is 4.79 Å². The molecule has 7 heteroatoms. The van der Waals surface area contributed by atoms with Gasteiger partial charge < -0.3 is 20.2 Å². The maximum absolute atomic E-state index is 11.9. The van der Waals surface area contributed by atoms with Gasteiger partial charge in [0.1, 0.15) is 11.5 Å². The Morgan fingerprint density at radius 1 is 1.16 bits per heavy atom. The number of ether oxygens (including phenoxy) is 1. The van der Waals surface area contributed by atoms with E-state index in [1.807, 2.05) is 47.9 Å². The van der Waals surface area contributed by atoms with Crippen molar-refractivity contribution in [3.05, 3.63) is 82.8 Å². The summed E-state index contributed by atoms with van der Waals surface area (Å²) < 4.78 is 7.61. The third-order valence-corrected chi connectivity index (χ3v) is 5.83. The molecule has 0 spiro atoms. The molecular weight excluding hydrogens is 402 g/mol. The minimum Gasteiger partial charge on any atom is -0.375 e. The number of nitrogens with two attached hydrogens (primary N) is 1. The topological polar surface area (TPSA) is 94.5 Å². The molecule has 4 heterocycles. The lowest BCUT2D eigenvalue weighted by Crippen LogP contribution is -2.15. The second kappa shape index (κ2) is 8.43. The van der Waals surface area contributed by atoms with Crippen molar-refractivity contribution in [1.29, 1.82) is 0 Å². The second-order valence-corrected chi connectivity index (χ2v) is 8.03. The number of carbonyl (C=O) groups excluding carboxylic acids is 1. The predicted molar refractivity (Wildman–Crippen MR) is 123 cm³/mol. The summed E-state index contributed by atoms with van der Waals surface area (Å²) >= 11 is 0. The first-order valence-electron chi connectivity index (χ1n) is 10.8. The SMILES string of the molecule is Cc1cn2c(C(N)=O)cccc2c1-c1nc2c(c(NCc3ccccc3)n1)CCCOC2. The quantitative estimate of drug-likeness (QED) is 0.504. The Labute approximate surface area is 186 Å². The van der Waals surface area contributed by atoms with Gasteiger partial charge in [0, 0.05) is 30.5 Å². The van der Waals surface area contributed by atoms with Gasteiger partial charge >= 0.3 is 0 Å². The average Bonchev–Trinajstić information content (AvgIpc) is 2.96. The summed E-state index contributed by atoms with van der Waals surface area (Å²) in [6.07, 6.45) is 3.72. The van der Waals surface area contributed by atoms with E-state index in [2.05, 4.69) is 17.4 Å². The van der Waals surface area contributed by atoms with Gasteiger partial charge in [-0.25, -0.2) is 9.97 Å². The van der Waals surface area contributed by atoms with E-state index in [0.717, 1.165) is 46.6 Å². The molecule has 0 aliphatic carbocycles. The normalized spacial score (nSPS) is 13.5. The number of primary amides is 1. The minimum atomic E-state index is -0.474. The molecule has 0 radical (unpaired) electrons. The molecule has 0 atom stereocenters. The number of amides is 1. The Morgan fingerprint density at radius 2 is 2.00 bits per heavy atom. The molecule has 1 amide bonds. The van der Waals surface area contributed by atoms with Gasteiger partial charge in [-0.05, 0) is 43.0 Å². The van der Waals surface area contributed by atoms with E-state index in [1.165, 1.54) is 5.56 Å². The molecule has 3 aromatic heterocycles. The molecule has 1 aliphatic heterocycles. The molecule has 7 nitrogen and oxygen atoms in total. The number of carbonyl (C=O) groups is 1. The van der Waals surface area contributed by atoms with Gasteiger partial charge in [0.15, 0.2) is 5.82 Å². The molecule has 0 bridgehead atoms. The van der Waals surface area contributed by atoms with E-state index < -0.39 is 5.91 Å². The first-order chi connectivity index (χ1) is 15.6. The van der Waals surface area contributed by atoms with Crippen molar-refractivity contribution < 1.29 is 9.53 Å². The van der Waals surface area contributed by atoms with Crippen LogP contribution in [0.4, 0.5) is 5.82 Å². The van der Waals surface area contributed by atoms with Crippen LogP contribution in [0.2, 0.25) is 0 Å². The zero-order valence-electron chi connectivity index (χ0n) is 18.0. The first-order valence-corrected chi connectivity index (χ1v) is 10.8. The lowest BCUT2D eigenvalue weighted by molar-refractivity contribution is 0.0994. The number of aryl methyl sites for hydroxylation is 1. The molecule has 5 rings (SSSR count). The Kier molecular flexibility index (Phi) is 5.33. The predicted octanol–water partition coefficient (Wildman–Crippen LogP) is 3.88. The zero-order chi connectivity index (χ0) is 22.1. The van der Waals surface area contributed by atoms with Gasteiger partial charge in [0.25, 0.3) is 5.91 Å². The fraction of sp³-hybridized carbons (Fsp3) is 0.240. The molecule has 32 heavy (non-hydrogen) atoms. The van der Waals surface area contributed by atoms with Crippen LogP contribution in [0.5, 0.6) is 0 Å². The van der Waals surface area contributed by atoms with Crippen LogP contribution in [0.25, 0.3) is 16.9 Å². The van der Waals surface area contributed by atoms with E-state index >= 15 is 0 Å². The van der Waals surface area contributed by atoms with E-state index in [9.17, 15) is 4.79 Å². The summed E-state index contributed by atoms with van der Waals surface area (Å²) in [5.41, 5.74) is 11.9. The standard InChI is InChI=1S/C25H25N5O2/c1-16-14-30-20(10-5-11-21(30)23(26)31)22(16)25-28-19-15-32-12-6-9-18(19)24(29-25)27-13-17-7-3-2-4-8-17/h2-5,7-8,10-11,14H,6,9,12-13,15H2,1H3,(H2,26,31)(H,27,28,29). The summed E-state index contributed by atoms with van der Waals surface area (Å²) in [7, 11) is 0. The van der Waals surface area contributed by atoms with Gasteiger partial charge in [-0.15, -0.1) is 0 Å². The molecule has 4 aromatic rings. The van der Waals surface area contributed by atoms with Gasteiger partial charge in [-0.2, -0.15) is 0 Å². The van der Waals surface area contributed by atoms with Crippen molar-refractivity contribution in [2.75, 3.05) is 11.9 Å². The average molecular weight is 428 g/mol. The monoisotopic (exact) mass is 427 g/mol. The molecule has 3 N–H and O–H groups in total. The minimum absolute atomic E-state index is 0.428. The summed E-state index contributed by atoms with van der Waals surface area (Å²) in [5.74, 6) is 0.981. The largest absolute Gasteiger partial charge is 0.375 e. The van der Waals surface area contributed by atoms with E-state index in [1.54, 1.807) is 6.07 Å². The highest BCUT2D eigenvalue weighted by Crippen LogP contribution is 2.32. The molecule has 0 saturated heterocycles. The van der Waals surface area contributed by atoms with E-state index in [-0.39, 0.29) is 0 Å². The van der Waals surface area contributed by atoms with Crippen LogP contribution in [-0.4, -0.2) is 26.9 Å². The number of benzene rings is 1. The third kappa shape index (κ3) is 3.71. The molecular formula is C25H25N5O2. The fourth-order valence-electron chi connectivity index (χ4n) is 4.29. The Balaban J connectivity index is 1.63. The number of nitrogens with one attached hydrogen (secondary N) is 1. The summed E-state index contributed by atoms with van der Waals surface area (Å²) in [5, 5.41) is 3.53. The van der Waals surface area contributed by atoms with Gasteiger partial charge in [-0.1, -0.05) is 36.4 Å². The number of pyridine rings is 1. The molecule has 1 aliphatic rings. The van der Waals surface area contributed by atoms with Crippen LogP contribution in [0.15, 0.2) is 54.7 Å². The molecule has 1 aromatic carbocycles. The lowest BCUT2D eigenvalue weighted by atomic mass is 10.1. The third-order valence-electron chi connectivity index (χ3n) is 5.83. The smallest absolute Gasteiger partial charge is 0.265 e. The first kappa shape index (κ1) is 20.2. The number of rotatable bonds is 5. The zero-order valence-corrected chi connectivity index (χ0v) is 18.0. The number of fused-ring (bicyclic) bond motifs is 2. The van der Waals surface area contributed by atoms with E-state index in [4.69, 9.17) is 20.4 Å². The Bertz CT molecular complexity index is 1300. The van der Waals surface area contributed by atoms with Crippen molar-refractivity contribution in [2.45, 2.75) is 32.9 Å². The number of hydrogen-bond donors (Lipinski definition) is 2. The number of aromatic nitrogens is 3. The highest BCUT2D eigenvalue weighted by Gasteiger charge is 2.21. The number of hydrogen-bond acceptors (Lipinski definition) is 5. The van der Waals surface area contributed by atoms with Crippen LogP contribution in [0, 0.1) is 6.92 Å². The van der Waals surface area contributed by atoms with Crippen molar-refractivity contribution in [3.63, 3.8) is 0 Å².